The zero-order valence-corrected chi connectivity index (χ0v) is 14.2. The molecular formula is C17H28FNS. The summed E-state index contributed by atoms with van der Waals surface area (Å²) in [6.07, 6.45) is 2.22. The zero-order valence-electron chi connectivity index (χ0n) is 13.4. The summed E-state index contributed by atoms with van der Waals surface area (Å²) >= 11 is 1.92. The molecule has 0 heterocycles. The second-order valence-electron chi connectivity index (χ2n) is 5.54. The SMILES string of the molecule is CCCNC(CSC(C)CC)c1c(C)cc(C)cc1F. The van der Waals surface area contributed by atoms with Gasteiger partial charge in [0, 0.05) is 22.6 Å². The van der Waals surface area contributed by atoms with Crippen LogP contribution in [0.2, 0.25) is 0 Å². The fourth-order valence-electron chi connectivity index (χ4n) is 2.31. The fraction of sp³-hybridized carbons (Fsp3) is 0.647. The molecule has 3 heteroatoms. The number of aryl methyl sites for hydroxylation is 2. The predicted octanol–water partition coefficient (Wildman–Crippen LogP) is 5.01. The van der Waals surface area contributed by atoms with Crippen molar-refractivity contribution in [3.05, 3.63) is 34.6 Å². The molecule has 0 aliphatic carbocycles. The molecule has 0 spiro atoms. The number of benzene rings is 1. The van der Waals surface area contributed by atoms with E-state index in [9.17, 15) is 4.39 Å². The first kappa shape index (κ1) is 17.5. The lowest BCUT2D eigenvalue weighted by molar-refractivity contribution is 0.528. The van der Waals surface area contributed by atoms with Crippen LogP contribution in [0.3, 0.4) is 0 Å². The monoisotopic (exact) mass is 297 g/mol. The Morgan fingerprint density at radius 1 is 1.25 bits per heavy atom. The largest absolute Gasteiger partial charge is 0.309 e. The lowest BCUT2D eigenvalue weighted by atomic mass is 9.99. The van der Waals surface area contributed by atoms with E-state index in [0.29, 0.717) is 5.25 Å². The maximum absolute atomic E-state index is 14.3. The Kier molecular flexibility index (Phi) is 7.60. The quantitative estimate of drug-likeness (QED) is 0.723. The Hall–Kier alpha value is -0.540. The number of thioether (sulfide) groups is 1. The van der Waals surface area contributed by atoms with Gasteiger partial charge in [-0.2, -0.15) is 11.8 Å². The van der Waals surface area contributed by atoms with Crippen LogP contribution in [0.5, 0.6) is 0 Å². The molecule has 2 unspecified atom stereocenters. The van der Waals surface area contributed by atoms with Crippen molar-refractivity contribution in [3.63, 3.8) is 0 Å². The summed E-state index contributed by atoms with van der Waals surface area (Å²) in [6, 6.07) is 3.83. The van der Waals surface area contributed by atoms with Gasteiger partial charge >= 0.3 is 0 Å². The van der Waals surface area contributed by atoms with Crippen molar-refractivity contribution in [2.45, 2.75) is 58.8 Å². The van der Waals surface area contributed by atoms with Crippen LogP contribution in [0, 0.1) is 19.7 Å². The average Bonchev–Trinajstić information content (AvgIpc) is 2.39. The van der Waals surface area contributed by atoms with E-state index in [0.717, 1.165) is 41.8 Å². The maximum atomic E-state index is 14.3. The molecule has 1 nitrogen and oxygen atoms in total. The topological polar surface area (TPSA) is 12.0 Å². The Bertz CT molecular complexity index is 396. The summed E-state index contributed by atoms with van der Waals surface area (Å²) in [6.45, 7) is 11.5. The first-order valence-electron chi connectivity index (χ1n) is 7.61. The molecule has 0 aromatic heterocycles. The highest BCUT2D eigenvalue weighted by atomic mass is 32.2. The minimum absolute atomic E-state index is 0.0687. The first-order valence-corrected chi connectivity index (χ1v) is 8.66. The number of rotatable bonds is 8. The summed E-state index contributed by atoms with van der Waals surface area (Å²) in [4.78, 5) is 0. The van der Waals surface area contributed by atoms with E-state index in [1.165, 1.54) is 0 Å². The van der Waals surface area contributed by atoms with Gasteiger partial charge in [0.1, 0.15) is 5.82 Å². The van der Waals surface area contributed by atoms with Crippen LogP contribution in [-0.4, -0.2) is 17.5 Å². The number of nitrogens with one attached hydrogen (secondary N) is 1. The highest BCUT2D eigenvalue weighted by molar-refractivity contribution is 7.99. The Balaban J connectivity index is 2.92. The van der Waals surface area contributed by atoms with Gasteiger partial charge in [0.05, 0.1) is 0 Å². The fourth-order valence-corrected chi connectivity index (χ4v) is 3.35. The molecule has 0 saturated carbocycles. The van der Waals surface area contributed by atoms with E-state index in [1.807, 2.05) is 25.6 Å². The normalized spacial score (nSPS) is 14.3. The standard InChI is InChI=1S/C17H28FNS/c1-6-8-19-16(11-20-14(5)7-2)17-13(4)9-12(3)10-15(17)18/h9-10,14,16,19H,6-8,11H2,1-5H3. The third-order valence-electron chi connectivity index (χ3n) is 3.59. The highest BCUT2D eigenvalue weighted by Gasteiger charge is 2.19. The molecule has 0 saturated heterocycles. The Morgan fingerprint density at radius 3 is 2.50 bits per heavy atom. The van der Waals surface area contributed by atoms with Crippen molar-refractivity contribution in [1.29, 1.82) is 0 Å². The van der Waals surface area contributed by atoms with Gasteiger partial charge in [-0.1, -0.05) is 26.8 Å². The van der Waals surface area contributed by atoms with E-state index < -0.39 is 0 Å². The van der Waals surface area contributed by atoms with Crippen LogP contribution in [0.25, 0.3) is 0 Å². The first-order chi connectivity index (χ1) is 9.49. The van der Waals surface area contributed by atoms with Crippen molar-refractivity contribution < 1.29 is 4.39 Å². The molecular weight excluding hydrogens is 269 g/mol. The second-order valence-corrected chi connectivity index (χ2v) is 7.01. The molecule has 0 amide bonds. The molecule has 1 N–H and O–H groups in total. The predicted molar refractivity (Wildman–Crippen MR) is 89.1 cm³/mol. The van der Waals surface area contributed by atoms with Gasteiger partial charge < -0.3 is 5.32 Å². The van der Waals surface area contributed by atoms with E-state index in [4.69, 9.17) is 0 Å². The number of hydrogen-bond acceptors (Lipinski definition) is 2. The minimum Gasteiger partial charge on any atom is -0.309 e. The van der Waals surface area contributed by atoms with Gasteiger partial charge in [0.25, 0.3) is 0 Å². The van der Waals surface area contributed by atoms with E-state index >= 15 is 0 Å². The maximum Gasteiger partial charge on any atom is 0.128 e. The van der Waals surface area contributed by atoms with E-state index in [2.05, 4.69) is 32.2 Å². The van der Waals surface area contributed by atoms with Crippen molar-refractivity contribution in [1.82, 2.24) is 5.32 Å². The molecule has 0 radical (unpaired) electrons. The molecule has 0 fully saturated rings. The Labute approximate surface area is 127 Å². The van der Waals surface area contributed by atoms with Gasteiger partial charge in [-0.05, 0) is 50.4 Å². The summed E-state index contributed by atoms with van der Waals surface area (Å²) < 4.78 is 14.3. The van der Waals surface area contributed by atoms with Crippen molar-refractivity contribution in [2.75, 3.05) is 12.3 Å². The van der Waals surface area contributed by atoms with Crippen LogP contribution in [0.15, 0.2) is 12.1 Å². The molecule has 1 rings (SSSR count). The molecule has 0 aliphatic rings. The molecule has 1 aromatic carbocycles. The number of halogens is 1. The van der Waals surface area contributed by atoms with Crippen LogP contribution in [-0.2, 0) is 0 Å². The van der Waals surface area contributed by atoms with Gasteiger partial charge in [0.15, 0.2) is 0 Å². The average molecular weight is 297 g/mol. The summed E-state index contributed by atoms with van der Waals surface area (Å²) in [5, 5.41) is 4.13. The van der Waals surface area contributed by atoms with Crippen LogP contribution < -0.4 is 5.32 Å². The molecule has 114 valence electrons. The molecule has 0 bridgehead atoms. The molecule has 2 atom stereocenters. The third kappa shape index (κ3) is 5.10. The minimum atomic E-state index is -0.0687. The summed E-state index contributed by atoms with van der Waals surface area (Å²) in [5.74, 6) is 0.858. The van der Waals surface area contributed by atoms with Gasteiger partial charge in [0.2, 0.25) is 0 Å². The number of hydrogen-bond donors (Lipinski definition) is 1. The van der Waals surface area contributed by atoms with E-state index in [1.54, 1.807) is 6.07 Å². The Morgan fingerprint density at radius 2 is 1.95 bits per heavy atom. The van der Waals surface area contributed by atoms with Gasteiger partial charge in [-0.25, -0.2) is 4.39 Å². The molecule has 0 aliphatic heterocycles. The van der Waals surface area contributed by atoms with Gasteiger partial charge in [-0.15, -0.1) is 0 Å². The summed E-state index contributed by atoms with van der Waals surface area (Å²) in [7, 11) is 0. The van der Waals surface area contributed by atoms with Crippen LogP contribution in [0.1, 0.15) is 56.3 Å². The smallest absolute Gasteiger partial charge is 0.128 e. The lowest BCUT2D eigenvalue weighted by Crippen LogP contribution is -2.26. The van der Waals surface area contributed by atoms with E-state index in [-0.39, 0.29) is 11.9 Å². The lowest BCUT2D eigenvalue weighted by Gasteiger charge is -2.23. The second kappa shape index (κ2) is 8.68. The molecule has 20 heavy (non-hydrogen) atoms. The van der Waals surface area contributed by atoms with Crippen molar-refractivity contribution in [3.8, 4) is 0 Å². The van der Waals surface area contributed by atoms with Crippen LogP contribution in [0.4, 0.5) is 4.39 Å². The van der Waals surface area contributed by atoms with Crippen molar-refractivity contribution >= 4 is 11.8 Å². The third-order valence-corrected chi connectivity index (χ3v) is 5.02. The highest BCUT2D eigenvalue weighted by Crippen LogP contribution is 2.28. The van der Waals surface area contributed by atoms with Gasteiger partial charge in [-0.3, -0.25) is 0 Å². The van der Waals surface area contributed by atoms with Crippen LogP contribution >= 0.6 is 11.8 Å². The summed E-state index contributed by atoms with van der Waals surface area (Å²) in [5.41, 5.74) is 2.90. The molecule has 1 aromatic rings. The van der Waals surface area contributed by atoms with Crippen molar-refractivity contribution in [2.24, 2.45) is 0 Å². The zero-order chi connectivity index (χ0) is 15.1.